The van der Waals surface area contributed by atoms with Crippen molar-refractivity contribution in [1.82, 2.24) is 26.6 Å². The first-order valence-electron chi connectivity index (χ1n) is 17.2. The molecule has 17 N–H and O–H groups in total. The largest absolute Gasteiger partial charge is 0.480 e. The van der Waals surface area contributed by atoms with E-state index in [1.165, 1.54) is 0 Å². The minimum atomic E-state index is -1.72. The molecule has 0 spiro atoms. The van der Waals surface area contributed by atoms with Gasteiger partial charge in [0, 0.05) is 19.4 Å². The summed E-state index contributed by atoms with van der Waals surface area (Å²) in [7, 11) is 0. The van der Waals surface area contributed by atoms with E-state index in [0.717, 1.165) is 0 Å². The Labute approximate surface area is 312 Å². The van der Waals surface area contributed by atoms with Crippen LogP contribution in [-0.4, -0.2) is 113 Å². The number of carboxylic acids is 1. The first-order chi connectivity index (χ1) is 25.4. The summed E-state index contributed by atoms with van der Waals surface area (Å²) >= 11 is 0. The number of carboxylic acid groups (broad SMARTS) is 1. The van der Waals surface area contributed by atoms with E-state index in [1.807, 2.05) is 0 Å². The highest BCUT2D eigenvalue weighted by Crippen LogP contribution is 2.11. The summed E-state index contributed by atoms with van der Waals surface area (Å²) in [6, 6.07) is -0.222. The Hall–Kier alpha value is -5.83. The zero-order chi connectivity index (χ0) is 41.0. The number of aliphatic carboxylic acids is 1. The highest BCUT2D eigenvalue weighted by atomic mass is 16.4. The number of aliphatic hydroxyl groups is 1. The van der Waals surface area contributed by atoms with Gasteiger partial charge in [-0.05, 0) is 30.7 Å². The van der Waals surface area contributed by atoms with Crippen molar-refractivity contribution in [3.8, 4) is 0 Å². The molecule has 0 aromatic heterocycles. The number of carbonyl (C=O) groups excluding carboxylic acids is 7. The molecule has 7 atom stereocenters. The van der Waals surface area contributed by atoms with Crippen molar-refractivity contribution in [2.24, 2.45) is 39.6 Å². The Bertz CT molecular complexity index is 1490. The maximum absolute atomic E-state index is 13.5. The Morgan fingerprint density at radius 2 is 1.28 bits per heavy atom. The van der Waals surface area contributed by atoms with E-state index >= 15 is 0 Å². The van der Waals surface area contributed by atoms with Gasteiger partial charge in [-0.3, -0.25) is 38.6 Å². The molecule has 0 aliphatic carbocycles. The van der Waals surface area contributed by atoms with Crippen LogP contribution in [0.15, 0.2) is 35.3 Å². The van der Waals surface area contributed by atoms with Crippen LogP contribution in [0.1, 0.15) is 57.9 Å². The summed E-state index contributed by atoms with van der Waals surface area (Å²) in [5.74, 6) is -8.82. The van der Waals surface area contributed by atoms with E-state index in [9.17, 15) is 48.6 Å². The number of guanidine groups is 1. The van der Waals surface area contributed by atoms with Gasteiger partial charge in [-0.1, -0.05) is 50.6 Å². The van der Waals surface area contributed by atoms with Gasteiger partial charge >= 0.3 is 5.97 Å². The van der Waals surface area contributed by atoms with E-state index in [2.05, 4.69) is 31.6 Å². The Kier molecular flexibility index (Phi) is 20.3. The van der Waals surface area contributed by atoms with Crippen molar-refractivity contribution in [1.29, 1.82) is 0 Å². The molecule has 7 amide bonds. The van der Waals surface area contributed by atoms with Gasteiger partial charge in [0.1, 0.15) is 30.2 Å². The molecule has 0 unspecified atom stereocenters. The molecule has 0 bridgehead atoms. The number of nitrogens with two attached hydrogens (primary N) is 5. The number of primary amides is 2. The summed E-state index contributed by atoms with van der Waals surface area (Å²) in [4.78, 5) is 105. The zero-order valence-electron chi connectivity index (χ0n) is 30.3. The maximum atomic E-state index is 13.5. The third-order valence-electron chi connectivity index (χ3n) is 8.16. The van der Waals surface area contributed by atoms with Crippen LogP contribution < -0.4 is 55.3 Å². The first kappa shape index (κ1) is 46.2. The molecule has 1 aromatic carbocycles. The second kappa shape index (κ2) is 23.7. The minimum Gasteiger partial charge on any atom is -0.480 e. The molecule has 54 heavy (non-hydrogen) atoms. The molecule has 1 rings (SSSR count). The number of nitrogens with one attached hydrogen (secondary N) is 5. The number of carbonyl (C=O) groups is 8. The quantitative estimate of drug-likeness (QED) is 0.0253. The monoisotopic (exact) mass is 763 g/mol. The van der Waals surface area contributed by atoms with Gasteiger partial charge in [-0.25, -0.2) is 4.79 Å². The summed E-state index contributed by atoms with van der Waals surface area (Å²) < 4.78 is 0. The number of amides is 7. The van der Waals surface area contributed by atoms with Crippen LogP contribution in [0.25, 0.3) is 0 Å². The molecule has 21 heteroatoms. The molecule has 0 saturated carbocycles. The fourth-order valence-corrected chi connectivity index (χ4v) is 4.90. The summed E-state index contributed by atoms with van der Waals surface area (Å²) in [5.41, 5.74) is 27.6. The lowest BCUT2D eigenvalue weighted by Crippen LogP contribution is -2.61. The van der Waals surface area contributed by atoms with Crippen molar-refractivity contribution >= 4 is 53.3 Å². The molecule has 1 aromatic rings. The highest BCUT2D eigenvalue weighted by molar-refractivity contribution is 5.98. The molecular weight excluding hydrogens is 710 g/mol. The van der Waals surface area contributed by atoms with Gasteiger partial charge in [0.25, 0.3) is 0 Å². The van der Waals surface area contributed by atoms with Crippen LogP contribution >= 0.6 is 0 Å². The Morgan fingerprint density at radius 3 is 1.81 bits per heavy atom. The number of benzene rings is 1. The minimum absolute atomic E-state index is 0.0594. The van der Waals surface area contributed by atoms with Crippen molar-refractivity contribution in [2.45, 2.75) is 95.0 Å². The van der Waals surface area contributed by atoms with E-state index in [-0.39, 0.29) is 25.3 Å². The van der Waals surface area contributed by atoms with Crippen LogP contribution in [-0.2, 0) is 44.8 Å². The number of hydrogen-bond acceptors (Lipinski definition) is 11. The van der Waals surface area contributed by atoms with Crippen LogP contribution in [0.3, 0.4) is 0 Å². The molecule has 21 nitrogen and oxygen atoms in total. The number of aliphatic imine (C=N–C) groups is 1. The predicted octanol–water partition coefficient (Wildman–Crippen LogP) is -4.70. The van der Waals surface area contributed by atoms with Gasteiger partial charge in [-0.2, -0.15) is 0 Å². The van der Waals surface area contributed by atoms with Gasteiger partial charge in [-0.15, -0.1) is 0 Å². The van der Waals surface area contributed by atoms with E-state index in [0.29, 0.717) is 18.4 Å². The second-order valence-corrected chi connectivity index (χ2v) is 12.6. The highest BCUT2D eigenvalue weighted by Gasteiger charge is 2.35. The standard InChI is InChI=1S/C33H53N11O10/c1-3-17(2)26(31(52)42-22(32(53)54)14-18-8-5-4-6-9-18)44-29(50)21(15-25(36)47)41-28(49)20(11-12-24(35)46)40-30(51)23(16-45)43-27(48)19(34)10-7-13-39-33(37)38/h4-6,8-9,17,19-23,26,45H,3,7,10-16,34H2,1-2H3,(H2,35,46)(H2,36,47)(H,40,51)(H,41,49)(H,42,52)(H,43,48)(H,44,50)(H,53,54)(H4,37,38,39)/t17-,19-,20-,21-,22-,23-,26-/m0/s1. The maximum Gasteiger partial charge on any atom is 0.326 e. The number of hydrogen-bond donors (Lipinski definition) is 12. The summed E-state index contributed by atoms with van der Waals surface area (Å²) in [5, 5.41) is 31.3. The van der Waals surface area contributed by atoms with Crippen LogP contribution in [0, 0.1) is 5.92 Å². The molecule has 0 saturated heterocycles. The average molecular weight is 764 g/mol. The van der Waals surface area contributed by atoms with Crippen molar-refractivity contribution < 1.29 is 48.6 Å². The topological polar surface area (TPSA) is 380 Å². The molecule has 0 heterocycles. The van der Waals surface area contributed by atoms with Crippen molar-refractivity contribution in [3.63, 3.8) is 0 Å². The van der Waals surface area contributed by atoms with E-state index < -0.39 is 115 Å². The number of rotatable bonds is 25. The zero-order valence-corrected chi connectivity index (χ0v) is 30.3. The first-order valence-corrected chi connectivity index (χ1v) is 17.2. The summed E-state index contributed by atoms with van der Waals surface area (Å²) in [6.45, 7) is 2.59. The molecule has 0 radical (unpaired) electrons. The Balaban J connectivity index is 3.17. The number of nitrogens with zero attached hydrogens (tertiary/aromatic N) is 1. The lowest BCUT2D eigenvalue weighted by atomic mass is 9.96. The lowest BCUT2D eigenvalue weighted by Gasteiger charge is -2.28. The van der Waals surface area contributed by atoms with Gasteiger partial charge in [0.05, 0.1) is 19.1 Å². The SMILES string of the molecule is CC[C@H](C)[C@H](NC(=O)[C@H](CC(N)=O)NC(=O)[C@H](CCC(N)=O)NC(=O)[C@H](CO)NC(=O)[C@@H](N)CCCN=C(N)N)C(=O)N[C@@H](Cc1ccccc1)C(=O)O. The molecule has 300 valence electrons. The van der Waals surface area contributed by atoms with E-state index in [1.54, 1.807) is 44.2 Å². The lowest BCUT2D eigenvalue weighted by molar-refractivity contribution is -0.142. The smallest absolute Gasteiger partial charge is 0.326 e. The fourth-order valence-electron chi connectivity index (χ4n) is 4.90. The van der Waals surface area contributed by atoms with E-state index in [4.69, 9.17) is 28.7 Å². The molecule has 0 fully saturated rings. The van der Waals surface area contributed by atoms with Crippen LogP contribution in [0.2, 0.25) is 0 Å². The Morgan fingerprint density at radius 1 is 0.722 bits per heavy atom. The fraction of sp³-hybridized carbons (Fsp3) is 0.545. The average Bonchev–Trinajstić information content (AvgIpc) is 3.11. The van der Waals surface area contributed by atoms with Gasteiger partial charge in [0.15, 0.2) is 5.96 Å². The molecule has 0 aliphatic rings. The normalized spacial score (nSPS) is 14.7. The third-order valence-corrected chi connectivity index (χ3v) is 8.16. The predicted molar refractivity (Wildman–Crippen MR) is 194 cm³/mol. The number of aliphatic hydroxyl groups excluding tert-OH is 1. The second-order valence-electron chi connectivity index (χ2n) is 12.6. The molecule has 0 aliphatic heterocycles. The molecular formula is C33H53N11O10. The van der Waals surface area contributed by atoms with Crippen LogP contribution in [0.4, 0.5) is 0 Å². The van der Waals surface area contributed by atoms with Gasteiger partial charge < -0.3 is 65.5 Å². The van der Waals surface area contributed by atoms with Crippen molar-refractivity contribution in [3.05, 3.63) is 35.9 Å². The van der Waals surface area contributed by atoms with Crippen LogP contribution in [0.5, 0.6) is 0 Å². The summed E-state index contributed by atoms with van der Waals surface area (Å²) in [6.07, 6.45) is -0.911. The van der Waals surface area contributed by atoms with Crippen molar-refractivity contribution in [2.75, 3.05) is 13.2 Å². The third kappa shape index (κ3) is 17.1. The van der Waals surface area contributed by atoms with Gasteiger partial charge in [0.2, 0.25) is 41.4 Å².